The highest BCUT2D eigenvalue weighted by Crippen LogP contribution is 2.28. The van der Waals surface area contributed by atoms with E-state index in [0.29, 0.717) is 0 Å². The first-order valence-electron chi connectivity index (χ1n) is 7.40. The number of sulfonamides is 1. The third-order valence-electron chi connectivity index (χ3n) is 4.06. The maximum absolute atomic E-state index is 13.8. The molecule has 1 aromatic carbocycles. The third kappa shape index (κ3) is 3.46. The van der Waals surface area contributed by atoms with Gasteiger partial charge in [-0.15, -0.1) is 0 Å². The Labute approximate surface area is 144 Å². The molecule has 0 bridgehead atoms. The van der Waals surface area contributed by atoms with Gasteiger partial charge in [-0.1, -0.05) is 6.07 Å². The Hall–Kier alpha value is -1.78. The Morgan fingerprint density at radius 3 is 2.36 bits per heavy atom. The number of sulfone groups is 1. The highest BCUT2D eigenvalue weighted by Gasteiger charge is 2.41. The first-order chi connectivity index (χ1) is 11.7. The van der Waals surface area contributed by atoms with Gasteiger partial charge in [0.25, 0.3) is 0 Å². The predicted molar refractivity (Wildman–Crippen MR) is 84.9 cm³/mol. The standard InChI is InChI=1S/C15H15F2NO5S2/c16-13-4-1-5-14(17)15(13)25(21,22)18-7-6-12(9-18)24(19,20)10-11-3-2-8-23-11/h1-5,8,12H,6-7,9-10H2/t12-/m1/s1. The SMILES string of the molecule is O=S(=O)(Cc1ccco1)[C@@H]1CCN(S(=O)(=O)c2c(F)cccc2F)C1. The van der Waals surface area contributed by atoms with Gasteiger partial charge in [-0.3, -0.25) is 0 Å². The molecule has 1 fully saturated rings. The first kappa shape index (κ1) is 18.0. The Morgan fingerprint density at radius 1 is 1.08 bits per heavy atom. The minimum atomic E-state index is -4.46. The molecular formula is C15H15F2NO5S2. The summed E-state index contributed by atoms with van der Waals surface area (Å²) in [5, 5.41) is -0.956. The van der Waals surface area contributed by atoms with Crippen molar-refractivity contribution in [2.75, 3.05) is 13.1 Å². The van der Waals surface area contributed by atoms with Crippen molar-refractivity contribution in [2.45, 2.75) is 22.3 Å². The van der Waals surface area contributed by atoms with Crippen LogP contribution in [-0.2, 0) is 25.6 Å². The Balaban J connectivity index is 1.83. The molecule has 0 aliphatic carbocycles. The average Bonchev–Trinajstić information content (AvgIpc) is 3.17. The molecule has 6 nitrogen and oxygen atoms in total. The number of benzene rings is 1. The van der Waals surface area contributed by atoms with Gasteiger partial charge in [0.15, 0.2) is 14.7 Å². The molecule has 25 heavy (non-hydrogen) atoms. The molecule has 0 saturated carbocycles. The van der Waals surface area contributed by atoms with Crippen molar-refractivity contribution in [3.63, 3.8) is 0 Å². The summed E-state index contributed by atoms with van der Waals surface area (Å²) in [7, 11) is -8.13. The van der Waals surface area contributed by atoms with Crippen LogP contribution in [0.3, 0.4) is 0 Å². The number of hydrogen-bond donors (Lipinski definition) is 0. The van der Waals surface area contributed by atoms with Crippen molar-refractivity contribution in [1.82, 2.24) is 4.31 Å². The van der Waals surface area contributed by atoms with Gasteiger partial charge in [-0.05, 0) is 30.7 Å². The first-order valence-corrected chi connectivity index (χ1v) is 10.6. The van der Waals surface area contributed by atoms with Crippen LogP contribution in [0.2, 0.25) is 0 Å². The van der Waals surface area contributed by atoms with Crippen LogP contribution in [0, 0.1) is 11.6 Å². The van der Waals surface area contributed by atoms with Crippen LogP contribution in [0.15, 0.2) is 45.9 Å². The monoisotopic (exact) mass is 391 g/mol. The van der Waals surface area contributed by atoms with Gasteiger partial charge < -0.3 is 4.42 Å². The largest absolute Gasteiger partial charge is 0.468 e. The summed E-state index contributed by atoms with van der Waals surface area (Å²) in [6.07, 6.45) is 1.40. The van der Waals surface area contributed by atoms with E-state index in [1.807, 2.05) is 0 Å². The zero-order valence-electron chi connectivity index (χ0n) is 12.9. The molecule has 0 radical (unpaired) electrons. The molecule has 1 atom stereocenters. The fourth-order valence-corrected chi connectivity index (χ4v) is 6.15. The fraction of sp³-hybridized carbons (Fsp3) is 0.333. The molecule has 2 aromatic rings. The minimum absolute atomic E-state index is 0.0539. The van der Waals surface area contributed by atoms with Crippen LogP contribution in [0.5, 0.6) is 0 Å². The maximum atomic E-state index is 13.8. The van der Waals surface area contributed by atoms with Gasteiger partial charge in [0.05, 0.1) is 11.5 Å². The van der Waals surface area contributed by atoms with E-state index in [1.54, 1.807) is 6.07 Å². The van der Waals surface area contributed by atoms with Crippen LogP contribution >= 0.6 is 0 Å². The van der Waals surface area contributed by atoms with Gasteiger partial charge >= 0.3 is 0 Å². The normalized spacial score (nSPS) is 19.4. The Bertz CT molecular complexity index is 951. The Morgan fingerprint density at radius 2 is 1.76 bits per heavy atom. The predicted octanol–water partition coefficient (Wildman–Crippen LogP) is 1.94. The number of rotatable bonds is 5. The second-order valence-corrected chi connectivity index (χ2v) is 9.87. The summed E-state index contributed by atoms with van der Waals surface area (Å²) in [4.78, 5) is -1.06. The highest BCUT2D eigenvalue weighted by atomic mass is 32.2. The molecule has 1 saturated heterocycles. The van der Waals surface area contributed by atoms with Crippen LogP contribution in [0.1, 0.15) is 12.2 Å². The molecule has 3 rings (SSSR count). The lowest BCUT2D eigenvalue weighted by Crippen LogP contribution is -2.33. The van der Waals surface area contributed by atoms with Crippen LogP contribution in [-0.4, -0.2) is 39.5 Å². The molecule has 10 heteroatoms. The van der Waals surface area contributed by atoms with Crippen molar-refractivity contribution < 1.29 is 30.0 Å². The van der Waals surface area contributed by atoms with Crippen molar-refractivity contribution >= 4 is 19.9 Å². The lowest BCUT2D eigenvalue weighted by Gasteiger charge is -2.17. The molecule has 1 aliphatic rings. The van der Waals surface area contributed by atoms with E-state index in [9.17, 15) is 25.6 Å². The van der Waals surface area contributed by atoms with E-state index in [2.05, 4.69) is 0 Å². The highest BCUT2D eigenvalue weighted by molar-refractivity contribution is 7.91. The zero-order chi connectivity index (χ0) is 18.2. The second kappa shape index (κ2) is 6.50. The van der Waals surface area contributed by atoms with E-state index in [0.717, 1.165) is 22.5 Å². The lowest BCUT2D eigenvalue weighted by molar-refractivity contribution is 0.455. The summed E-state index contributed by atoms with van der Waals surface area (Å²) in [5.74, 6) is -2.52. The van der Waals surface area contributed by atoms with Crippen molar-refractivity contribution in [1.29, 1.82) is 0 Å². The van der Waals surface area contributed by atoms with Crippen LogP contribution < -0.4 is 0 Å². The summed E-state index contributed by atoms with van der Waals surface area (Å²) in [6, 6.07) is 5.81. The molecule has 0 amide bonds. The molecule has 0 unspecified atom stereocenters. The van der Waals surface area contributed by atoms with Crippen molar-refractivity contribution in [2.24, 2.45) is 0 Å². The lowest BCUT2D eigenvalue weighted by atomic mass is 10.3. The van der Waals surface area contributed by atoms with Crippen molar-refractivity contribution in [3.8, 4) is 0 Å². The molecule has 136 valence electrons. The van der Waals surface area contributed by atoms with Crippen LogP contribution in [0.25, 0.3) is 0 Å². The summed E-state index contributed by atoms with van der Waals surface area (Å²) < 4.78 is 83.3. The quantitative estimate of drug-likeness (QED) is 0.778. The van der Waals surface area contributed by atoms with Crippen LogP contribution in [0.4, 0.5) is 8.78 Å². The molecular weight excluding hydrogens is 376 g/mol. The van der Waals surface area contributed by atoms with E-state index >= 15 is 0 Å². The number of halogens is 2. The summed E-state index contributed by atoms with van der Waals surface area (Å²) in [6.45, 7) is -0.475. The molecule has 0 N–H and O–H groups in total. The van der Waals surface area contributed by atoms with Crippen molar-refractivity contribution in [3.05, 3.63) is 54.0 Å². The van der Waals surface area contributed by atoms with Gasteiger partial charge in [0.2, 0.25) is 10.0 Å². The minimum Gasteiger partial charge on any atom is -0.468 e. The summed E-state index contributed by atoms with van der Waals surface area (Å²) >= 11 is 0. The molecule has 1 aromatic heterocycles. The molecule has 0 spiro atoms. The molecule has 1 aliphatic heterocycles. The topological polar surface area (TPSA) is 84.7 Å². The zero-order valence-corrected chi connectivity index (χ0v) is 14.6. The number of hydrogen-bond acceptors (Lipinski definition) is 5. The van der Waals surface area contributed by atoms with E-state index in [-0.39, 0.29) is 31.0 Å². The van der Waals surface area contributed by atoms with Gasteiger partial charge in [-0.25, -0.2) is 25.6 Å². The number of furan rings is 1. The number of nitrogens with zero attached hydrogens (tertiary/aromatic N) is 1. The summed E-state index contributed by atoms with van der Waals surface area (Å²) in [5.41, 5.74) is 0. The maximum Gasteiger partial charge on any atom is 0.248 e. The smallest absolute Gasteiger partial charge is 0.248 e. The average molecular weight is 391 g/mol. The van der Waals surface area contributed by atoms with Gasteiger partial charge in [0.1, 0.15) is 23.1 Å². The third-order valence-corrected chi connectivity index (χ3v) is 8.06. The van der Waals surface area contributed by atoms with Gasteiger partial charge in [0, 0.05) is 13.1 Å². The fourth-order valence-electron chi connectivity index (χ4n) is 2.78. The Kier molecular flexibility index (Phi) is 4.69. The van der Waals surface area contributed by atoms with E-state index in [4.69, 9.17) is 4.42 Å². The van der Waals surface area contributed by atoms with E-state index < -0.39 is 41.6 Å². The van der Waals surface area contributed by atoms with E-state index in [1.165, 1.54) is 12.3 Å². The van der Waals surface area contributed by atoms with Gasteiger partial charge in [-0.2, -0.15) is 4.31 Å². The second-order valence-electron chi connectivity index (χ2n) is 5.71. The molecule has 2 heterocycles.